The minimum Gasteiger partial charge on any atom is -0.504 e. The summed E-state index contributed by atoms with van der Waals surface area (Å²) in [7, 11) is 1.49. The van der Waals surface area contributed by atoms with Crippen LogP contribution in [0, 0.1) is 0 Å². The van der Waals surface area contributed by atoms with E-state index in [1.54, 1.807) is 18.2 Å². The fraction of sp³-hybridized carbons (Fsp3) is 0.625. The molecule has 0 aliphatic heterocycles. The Morgan fingerprint density at radius 2 is 1.61 bits per heavy atom. The number of phenols is 1. The second-order valence-corrected chi connectivity index (χ2v) is 7.29. The van der Waals surface area contributed by atoms with Crippen molar-refractivity contribution < 1.29 is 19.4 Å². The van der Waals surface area contributed by atoms with E-state index < -0.39 is 0 Å². The van der Waals surface area contributed by atoms with Gasteiger partial charge < -0.3 is 14.6 Å². The van der Waals surface area contributed by atoms with Gasteiger partial charge in [-0.15, -0.1) is 0 Å². The highest BCUT2D eigenvalue weighted by molar-refractivity contribution is 5.69. The third kappa shape index (κ3) is 11.7. The van der Waals surface area contributed by atoms with E-state index in [1.165, 1.54) is 58.5 Å². The molecular formula is C24H38O4. The fourth-order valence-corrected chi connectivity index (χ4v) is 3.03. The zero-order chi connectivity index (χ0) is 20.5. The summed E-state index contributed by atoms with van der Waals surface area (Å²) in [4.78, 5) is 11.8. The van der Waals surface area contributed by atoms with Crippen LogP contribution in [0.25, 0.3) is 0 Å². The monoisotopic (exact) mass is 390 g/mol. The molecule has 0 spiro atoms. The van der Waals surface area contributed by atoms with Crippen LogP contribution in [0.2, 0.25) is 0 Å². The van der Waals surface area contributed by atoms with Gasteiger partial charge in [0, 0.05) is 6.42 Å². The Balaban J connectivity index is 1.99. The molecule has 0 saturated heterocycles. The quantitative estimate of drug-likeness (QED) is 0.194. The molecular weight excluding hydrogens is 352 g/mol. The third-order valence-corrected chi connectivity index (χ3v) is 4.79. The van der Waals surface area contributed by atoms with Gasteiger partial charge in [-0.3, -0.25) is 4.79 Å². The van der Waals surface area contributed by atoms with Crippen LogP contribution in [0.1, 0.15) is 89.5 Å². The Labute approximate surface area is 170 Å². The maximum Gasteiger partial charge on any atom is 0.306 e. The van der Waals surface area contributed by atoms with Gasteiger partial charge in [-0.1, -0.05) is 63.7 Å². The van der Waals surface area contributed by atoms with Gasteiger partial charge >= 0.3 is 5.97 Å². The van der Waals surface area contributed by atoms with Crippen LogP contribution in [-0.4, -0.2) is 18.2 Å². The Bertz CT molecular complexity index is 566. The summed E-state index contributed by atoms with van der Waals surface area (Å²) in [6, 6.07) is 4.94. The molecule has 0 heterocycles. The number of methoxy groups -OCH3 is 1. The highest BCUT2D eigenvalue weighted by Crippen LogP contribution is 2.26. The van der Waals surface area contributed by atoms with Crippen molar-refractivity contribution >= 4 is 5.97 Å². The first-order valence-electron chi connectivity index (χ1n) is 10.8. The summed E-state index contributed by atoms with van der Waals surface area (Å²) in [5.41, 5.74) is 0.802. The first-order valence-corrected chi connectivity index (χ1v) is 10.8. The molecule has 0 aromatic heterocycles. The smallest absolute Gasteiger partial charge is 0.306 e. The first kappa shape index (κ1) is 24.1. The van der Waals surface area contributed by atoms with E-state index in [9.17, 15) is 9.90 Å². The minimum atomic E-state index is -0.181. The topological polar surface area (TPSA) is 55.8 Å². The molecule has 158 valence electrons. The van der Waals surface area contributed by atoms with Gasteiger partial charge in [0.25, 0.3) is 0 Å². The van der Waals surface area contributed by atoms with E-state index in [1.807, 2.05) is 0 Å². The number of hydrogen-bond donors (Lipinski definition) is 1. The number of esters is 1. The number of rotatable bonds is 16. The van der Waals surface area contributed by atoms with E-state index in [2.05, 4.69) is 19.1 Å². The van der Waals surface area contributed by atoms with Gasteiger partial charge in [0.05, 0.1) is 7.11 Å². The van der Waals surface area contributed by atoms with Crippen molar-refractivity contribution in [3.8, 4) is 11.5 Å². The summed E-state index contributed by atoms with van der Waals surface area (Å²) in [5.74, 6) is 0.286. The van der Waals surface area contributed by atoms with Crippen LogP contribution in [0.5, 0.6) is 11.5 Å². The summed E-state index contributed by atoms with van der Waals surface area (Å²) >= 11 is 0. The number of phenolic OH excluding ortho intramolecular Hbond substituents is 1. The van der Waals surface area contributed by atoms with E-state index in [-0.39, 0.29) is 18.3 Å². The fourth-order valence-electron chi connectivity index (χ4n) is 3.03. The first-order chi connectivity index (χ1) is 13.7. The molecule has 0 amide bonds. The second-order valence-electron chi connectivity index (χ2n) is 7.29. The minimum absolute atomic E-state index is 0.0811. The predicted octanol–water partition coefficient (Wildman–Crippen LogP) is 6.70. The Hall–Kier alpha value is -1.97. The number of hydrogen-bond acceptors (Lipinski definition) is 4. The van der Waals surface area contributed by atoms with Crippen molar-refractivity contribution in [2.75, 3.05) is 7.11 Å². The molecule has 1 rings (SSSR count). The molecule has 1 aromatic carbocycles. The summed E-state index contributed by atoms with van der Waals surface area (Å²) in [6.45, 7) is 2.46. The van der Waals surface area contributed by atoms with Gasteiger partial charge in [0.1, 0.15) is 6.61 Å². The number of benzene rings is 1. The zero-order valence-electron chi connectivity index (χ0n) is 17.8. The van der Waals surface area contributed by atoms with Gasteiger partial charge in [0.15, 0.2) is 11.5 Å². The molecule has 4 nitrogen and oxygen atoms in total. The van der Waals surface area contributed by atoms with Crippen LogP contribution in [0.3, 0.4) is 0 Å². The standard InChI is InChI=1S/C24H38O4/c1-3-4-5-6-7-8-9-10-11-12-13-14-15-16-24(26)28-20-21-17-18-22(25)23(19-21)27-2/h11-12,17-19,25H,3-10,13-16,20H2,1-2H3/b12-11-. The van der Waals surface area contributed by atoms with Crippen LogP contribution in [0.15, 0.2) is 30.4 Å². The Morgan fingerprint density at radius 1 is 0.964 bits per heavy atom. The van der Waals surface area contributed by atoms with Crippen molar-refractivity contribution in [3.63, 3.8) is 0 Å². The average molecular weight is 391 g/mol. The lowest BCUT2D eigenvalue weighted by Crippen LogP contribution is -2.04. The molecule has 0 atom stereocenters. The van der Waals surface area contributed by atoms with Gasteiger partial charge in [-0.05, 0) is 49.8 Å². The lowest BCUT2D eigenvalue weighted by molar-refractivity contribution is -0.145. The summed E-state index contributed by atoms with van der Waals surface area (Å²) in [6.07, 6.45) is 18.5. The van der Waals surface area contributed by atoms with Crippen LogP contribution < -0.4 is 4.74 Å². The maximum absolute atomic E-state index is 11.8. The SMILES string of the molecule is CCCCCCCCC/C=C\CCCCC(=O)OCc1ccc(O)c(OC)c1. The van der Waals surface area contributed by atoms with E-state index in [4.69, 9.17) is 9.47 Å². The highest BCUT2D eigenvalue weighted by atomic mass is 16.5. The van der Waals surface area contributed by atoms with Crippen LogP contribution >= 0.6 is 0 Å². The molecule has 4 heteroatoms. The second kappa shape index (κ2) is 16.0. The lowest BCUT2D eigenvalue weighted by Gasteiger charge is -2.08. The normalized spacial score (nSPS) is 11.1. The van der Waals surface area contributed by atoms with E-state index in [0.717, 1.165) is 24.8 Å². The highest BCUT2D eigenvalue weighted by Gasteiger charge is 2.06. The number of aromatic hydroxyl groups is 1. The number of allylic oxidation sites excluding steroid dienone is 2. The van der Waals surface area contributed by atoms with E-state index in [0.29, 0.717) is 12.2 Å². The number of unbranched alkanes of at least 4 members (excludes halogenated alkanes) is 9. The number of carbonyl (C=O) groups excluding carboxylic acids is 1. The van der Waals surface area contributed by atoms with Gasteiger partial charge in [-0.2, -0.15) is 0 Å². The molecule has 0 fully saturated rings. The average Bonchev–Trinajstić information content (AvgIpc) is 2.70. The predicted molar refractivity (Wildman–Crippen MR) is 115 cm³/mol. The Kier molecular flexibility index (Phi) is 13.8. The van der Waals surface area contributed by atoms with Crippen molar-refractivity contribution in [1.82, 2.24) is 0 Å². The van der Waals surface area contributed by atoms with Crippen molar-refractivity contribution in [2.24, 2.45) is 0 Å². The molecule has 1 N–H and O–H groups in total. The van der Waals surface area contributed by atoms with Crippen molar-refractivity contribution in [3.05, 3.63) is 35.9 Å². The molecule has 0 aliphatic carbocycles. The summed E-state index contributed by atoms with van der Waals surface area (Å²) < 4.78 is 10.3. The molecule has 0 aliphatic rings. The molecule has 0 unspecified atom stereocenters. The van der Waals surface area contributed by atoms with E-state index >= 15 is 0 Å². The van der Waals surface area contributed by atoms with Gasteiger partial charge in [0.2, 0.25) is 0 Å². The molecule has 0 bridgehead atoms. The third-order valence-electron chi connectivity index (χ3n) is 4.79. The Morgan fingerprint density at radius 3 is 2.29 bits per heavy atom. The number of carbonyl (C=O) groups is 1. The zero-order valence-corrected chi connectivity index (χ0v) is 17.8. The van der Waals surface area contributed by atoms with Crippen LogP contribution in [0.4, 0.5) is 0 Å². The molecule has 0 saturated carbocycles. The van der Waals surface area contributed by atoms with Crippen LogP contribution in [-0.2, 0) is 16.1 Å². The molecule has 28 heavy (non-hydrogen) atoms. The maximum atomic E-state index is 11.8. The van der Waals surface area contributed by atoms with Gasteiger partial charge in [-0.25, -0.2) is 0 Å². The molecule has 0 radical (unpaired) electrons. The van der Waals surface area contributed by atoms with Crippen molar-refractivity contribution in [1.29, 1.82) is 0 Å². The number of ether oxygens (including phenoxy) is 2. The lowest BCUT2D eigenvalue weighted by atomic mass is 10.1. The summed E-state index contributed by atoms with van der Waals surface area (Å²) in [5, 5.41) is 9.56. The molecule has 1 aromatic rings. The largest absolute Gasteiger partial charge is 0.504 e. The van der Waals surface area contributed by atoms with Crippen molar-refractivity contribution in [2.45, 2.75) is 90.6 Å².